The molecule has 0 bridgehead atoms. The van der Waals surface area contributed by atoms with Crippen LogP contribution in [0.25, 0.3) is 0 Å². The van der Waals surface area contributed by atoms with E-state index in [1.165, 1.54) is 5.56 Å². The molecule has 108 valence electrons. The van der Waals surface area contributed by atoms with Gasteiger partial charge in [-0.3, -0.25) is 4.79 Å². The number of rotatable bonds is 5. The number of hydrogen-bond donors (Lipinski definition) is 2. The fraction of sp³-hybridized carbons (Fsp3) is 0.467. The third kappa shape index (κ3) is 3.98. The van der Waals surface area contributed by atoms with Gasteiger partial charge in [0.1, 0.15) is 6.61 Å². The van der Waals surface area contributed by atoms with Crippen molar-refractivity contribution in [3.63, 3.8) is 0 Å². The van der Waals surface area contributed by atoms with E-state index in [0.717, 1.165) is 12.8 Å². The topological polar surface area (TPSA) is 76.7 Å². The van der Waals surface area contributed by atoms with Gasteiger partial charge in [-0.25, -0.2) is 4.99 Å². The van der Waals surface area contributed by atoms with Crippen molar-refractivity contribution >= 4 is 11.9 Å². The van der Waals surface area contributed by atoms with Crippen molar-refractivity contribution in [3.8, 4) is 0 Å². The number of aliphatic imine (C=N–C) groups is 1. The summed E-state index contributed by atoms with van der Waals surface area (Å²) in [5, 5.41) is 2.87. The zero-order valence-corrected chi connectivity index (χ0v) is 11.9. The Labute approximate surface area is 119 Å². The zero-order valence-electron chi connectivity index (χ0n) is 11.9. The molecule has 0 saturated carbocycles. The lowest BCUT2D eigenvalue weighted by atomic mass is 10.0. The van der Waals surface area contributed by atoms with Gasteiger partial charge >= 0.3 is 0 Å². The van der Waals surface area contributed by atoms with Crippen molar-refractivity contribution in [2.24, 2.45) is 10.7 Å². The number of nitrogens with two attached hydrogens (primary N) is 1. The number of aryl methyl sites for hydroxylation is 1. The zero-order chi connectivity index (χ0) is 14.5. The average Bonchev–Trinajstić information content (AvgIpc) is 2.82. The fourth-order valence-corrected chi connectivity index (χ4v) is 2.09. The molecule has 1 heterocycles. The van der Waals surface area contributed by atoms with Crippen molar-refractivity contribution in [3.05, 3.63) is 35.4 Å². The lowest BCUT2D eigenvalue weighted by molar-refractivity contribution is 0.0943. The molecule has 20 heavy (non-hydrogen) atoms. The van der Waals surface area contributed by atoms with Gasteiger partial charge in [-0.15, -0.1) is 0 Å². The molecule has 1 atom stereocenters. The van der Waals surface area contributed by atoms with Crippen LogP contribution in [0.15, 0.2) is 29.3 Å². The maximum atomic E-state index is 11.8. The van der Waals surface area contributed by atoms with E-state index in [1.807, 2.05) is 38.1 Å². The minimum Gasteiger partial charge on any atom is -0.463 e. The minimum atomic E-state index is -0.0342. The molecule has 5 heteroatoms. The van der Waals surface area contributed by atoms with Crippen molar-refractivity contribution in [1.82, 2.24) is 5.32 Å². The molecule has 2 rings (SSSR count). The first-order chi connectivity index (χ1) is 9.54. The molecule has 0 saturated heterocycles. The third-order valence-electron chi connectivity index (χ3n) is 3.14. The van der Waals surface area contributed by atoms with E-state index >= 15 is 0 Å². The van der Waals surface area contributed by atoms with Crippen molar-refractivity contribution in [2.45, 2.75) is 38.8 Å². The molecule has 0 aromatic heterocycles. The number of carbonyl (C=O) groups excluding carboxylic acids is 1. The summed E-state index contributed by atoms with van der Waals surface area (Å²) in [5.41, 5.74) is 7.35. The number of nitrogens with zero attached hydrogens (tertiary/aromatic N) is 1. The van der Waals surface area contributed by atoms with Crippen LogP contribution in [0.5, 0.6) is 0 Å². The van der Waals surface area contributed by atoms with Crippen molar-refractivity contribution in [1.29, 1.82) is 0 Å². The number of benzene rings is 1. The molecule has 1 aliphatic heterocycles. The molecule has 1 aliphatic rings. The standard InChI is InChI=1S/C15H21N3O2/c1-10(2)17-14(19)12-6-3-11(4-7-12)5-8-13-9-20-15(16)18-13/h3-4,6-7,10,13H,5,8-9H2,1-2H3,(H2,16,18)(H,17,19). The highest BCUT2D eigenvalue weighted by atomic mass is 16.5. The first-order valence-electron chi connectivity index (χ1n) is 6.90. The Hall–Kier alpha value is -2.04. The van der Waals surface area contributed by atoms with Crippen LogP contribution in [-0.4, -0.2) is 30.6 Å². The maximum Gasteiger partial charge on any atom is 0.282 e. The summed E-state index contributed by atoms with van der Waals surface area (Å²) < 4.78 is 5.12. The lowest BCUT2D eigenvalue weighted by Gasteiger charge is -2.09. The Morgan fingerprint density at radius 1 is 1.45 bits per heavy atom. The van der Waals surface area contributed by atoms with Gasteiger partial charge in [0.15, 0.2) is 0 Å². The molecule has 0 radical (unpaired) electrons. The van der Waals surface area contributed by atoms with Crippen molar-refractivity contribution < 1.29 is 9.53 Å². The third-order valence-corrected chi connectivity index (χ3v) is 3.14. The van der Waals surface area contributed by atoms with Crippen molar-refractivity contribution in [2.75, 3.05) is 6.61 Å². The monoisotopic (exact) mass is 275 g/mol. The number of ether oxygens (including phenoxy) is 1. The molecule has 1 amide bonds. The molecule has 0 spiro atoms. The Morgan fingerprint density at radius 2 is 2.15 bits per heavy atom. The van der Waals surface area contributed by atoms with Gasteiger partial charge in [-0.05, 0) is 44.4 Å². The molecular formula is C15H21N3O2. The summed E-state index contributed by atoms with van der Waals surface area (Å²) in [6.45, 7) is 4.46. The number of hydrogen-bond acceptors (Lipinski definition) is 4. The predicted octanol–water partition coefficient (Wildman–Crippen LogP) is 1.47. The predicted molar refractivity (Wildman–Crippen MR) is 78.7 cm³/mol. The first kappa shape index (κ1) is 14.4. The van der Waals surface area contributed by atoms with Gasteiger partial charge in [0.25, 0.3) is 11.9 Å². The Kier molecular flexibility index (Phi) is 4.61. The highest BCUT2D eigenvalue weighted by molar-refractivity contribution is 5.94. The number of nitrogens with one attached hydrogen (secondary N) is 1. The molecular weight excluding hydrogens is 254 g/mol. The smallest absolute Gasteiger partial charge is 0.282 e. The second-order valence-corrected chi connectivity index (χ2v) is 5.30. The minimum absolute atomic E-state index is 0.0342. The molecule has 1 aromatic carbocycles. The maximum absolute atomic E-state index is 11.8. The SMILES string of the molecule is CC(C)NC(=O)c1ccc(CCC2COC(N)=N2)cc1. The summed E-state index contributed by atoms with van der Waals surface area (Å²) in [6.07, 6.45) is 1.80. The Balaban J connectivity index is 1.87. The molecule has 0 fully saturated rings. The molecule has 1 unspecified atom stereocenters. The van der Waals surface area contributed by atoms with Gasteiger partial charge in [-0.2, -0.15) is 0 Å². The molecule has 0 aliphatic carbocycles. The van der Waals surface area contributed by atoms with Crippen LogP contribution in [0, 0.1) is 0 Å². The van der Waals surface area contributed by atoms with Gasteiger partial charge in [0, 0.05) is 11.6 Å². The van der Waals surface area contributed by atoms with E-state index in [-0.39, 0.29) is 24.0 Å². The average molecular weight is 275 g/mol. The quantitative estimate of drug-likeness (QED) is 0.854. The first-order valence-corrected chi connectivity index (χ1v) is 6.90. The molecule has 5 nitrogen and oxygen atoms in total. The van der Waals surface area contributed by atoms with Crippen LogP contribution < -0.4 is 11.1 Å². The van der Waals surface area contributed by atoms with E-state index in [2.05, 4.69) is 10.3 Å². The highest BCUT2D eigenvalue weighted by Gasteiger charge is 2.16. The largest absolute Gasteiger partial charge is 0.463 e. The van der Waals surface area contributed by atoms with Gasteiger partial charge in [0.2, 0.25) is 0 Å². The van der Waals surface area contributed by atoms with Crippen LogP contribution >= 0.6 is 0 Å². The van der Waals surface area contributed by atoms with E-state index < -0.39 is 0 Å². The van der Waals surface area contributed by atoms with Crippen LogP contribution in [0.3, 0.4) is 0 Å². The van der Waals surface area contributed by atoms with Crippen LogP contribution in [0.4, 0.5) is 0 Å². The summed E-state index contributed by atoms with van der Waals surface area (Å²) in [4.78, 5) is 16.0. The summed E-state index contributed by atoms with van der Waals surface area (Å²) in [7, 11) is 0. The summed E-state index contributed by atoms with van der Waals surface area (Å²) in [6, 6.07) is 8.27. The number of carbonyl (C=O) groups is 1. The second kappa shape index (κ2) is 6.41. The fourth-order valence-electron chi connectivity index (χ4n) is 2.09. The Bertz CT molecular complexity index is 494. The number of amides is 1. The summed E-state index contributed by atoms with van der Waals surface area (Å²) in [5.74, 6) is -0.0342. The van der Waals surface area contributed by atoms with E-state index in [9.17, 15) is 4.79 Å². The van der Waals surface area contributed by atoms with Crippen LogP contribution in [0.2, 0.25) is 0 Å². The highest BCUT2D eigenvalue weighted by Crippen LogP contribution is 2.12. The summed E-state index contributed by atoms with van der Waals surface area (Å²) >= 11 is 0. The lowest BCUT2D eigenvalue weighted by Crippen LogP contribution is -2.29. The van der Waals surface area contributed by atoms with E-state index in [1.54, 1.807) is 0 Å². The second-order valence-electron chi connectivity index (χ2n) is 5.30. The van der Waals surface area contributed by atoms with E-state index in [0.29, 0.717) is 12.2 Å². The number of amidine groups is 1. The molecule has 1 aromatic rings. The van der Waals surface area contributed by atoms with Gasteiger partial charge < -0.3 is 15.8 Å². The van der Waals surface area contributed by atoms with Gasteiger partial charge in [-0.1, -0.05) is 12.1 Å². The van der Waals surface area contributed by atoms with Gasteiger partial charge in [0.05, 0.1) is 6.04 Å². The van der Waals surface area contributed by atoms with Crippen LogP contribution in [-0.2, 0) is 11.2 Å². The van der Waals surface area contributed by atoms with Crippen LogP contribution in [0.1, 0.15) is 36.2 Å². The van der Waals surface area contributed by atoms with E-state index in [4.69, 9.17) is 10.5 Å². The molecule has 3 N–H and O–H groups in total. The Morgan fingerprint density at radius 3 is 2.70 bits per heavy atom. The normalized spacial score (nSPS) is 17.8.